The Morgan fingerprint density at radius 1 is 1.20 bits per heavy atom. The summed E-state index contributed by atoms with van der Waals surface area (Å²) >= 11 is 0. The van der Waals surface area contributed by atoms with Crippen molar-refractivity contribution < 1.29 is 14.8 Å². The Balaban J connectivity index is 2.04. The summed E-state index contributed by atoms with van der Waals surface area (Å²) in [6, 6.07) is 15.0. The minimum absolute atomic E-state index is 0.0149. The van der Waals surface area contributed by atoms with Crippen LogP contribution in [0.3, 0.4) is 0 Å². The van der Waals surface area contributed by atoms with Gasteiger partial charge in [-0.2, -0.15) is 0 Å². The summed E-state index contributed by atoms with van der Waals surface area (Å²) in [6.07, 6.45) is 1.29. The van der Waals surface area contributed by atoms with Gasteiger partial charge in [-0.3, -0.25) is 14.9 Å². The van der Waals surface area contributed by atoms with Crippen LogP contribution in [0.15, 0.2) is 48.5 Å². The lowest BCUT2D eigenvalue weighted by Gasteiger charge is -2.18. The minimum atomic E-state index is -0.828. The molecule has 132 valence electrons. The van der Waals surface area contributed by atoms with Gasteiger partial charge in [0, 0.05) is 30.6 Å². The van der Waals surface area contributed by atoms with Crippen LogP contribution in [0.25, 0.3) is 0 Å². The van der Waals surface area contributed by atoms with Crippen molar-refractivity contribution in [2.75, 3.05) is 0 Å². The van der Waals surface area contributed by atoms with Crippen molar-refractivity contribution in [1.29, 1.82) is 0 Å². The Labute approximate surface area is 146 Å². The van der Waals surface area contributed by atoms with Crippen molar-refractivity contribution in [3.05, 3.63) is 75.3 Å². The van der Waals surface area contributed by atoms with Gasteiger partial charge in [-0.15, -0.1) is 0 Å². The summed E-state index contributed by atoms with van der Waals surface area (Å²) in [7, 11) is 0. The minimum Gasteiger partial charge on any atom is -0.481 e. The maximum Gasteiger partial charge on any atom is 0.303 e. The molecule has 2 aromatic carbocycles. The summed E-state index contributed by atoms with van der Waals surface area (Å²) in [5.41, 5.74) is 2.66. The molecule has 0 saturated carbocycles. The first-order chi connectivity index (χ1) is 12.0. The van der Waals surface area contributed by atoms with Crippen LogP contribution in [0.5, 0.6) is 0 Å². The number of carbonyl (C=O) groups is 1. The molecule has 1 unspecified atom stereocenters. The summed E-state index contributed by atoms with van der Waals surface area (Å²) < 4.78 is 0. The Bertz CT molecular complexity index is 731. The maximum absolute atomic E-state index is 11.1. The number of nitro benzene ring substituents is 1. The summed E-state index contributed by atoms with van der Waals surface area (Å²) in [6.45, 7) is 2.17. The van der Waals surface area contributed by atoms with Crippen LogP contribution < -0.4 is 5.32 Å². The number of hydrogen-bond acceptors (Lipinski definition) is 4. The van der Waals surface area contributed by atoms with Crippen LogP contribution in [0, 0.1) is 17.0 Å². The third-order valence-corrected chi connectivity index (χ3v) is 4.10. The van der Waals surface area contributed by atoms with E-state index in [0.717, 1.165) is 11.1 Å². The van der Waals surface area contributed by atoms with Crippen molar-refractivity contribution in [2.24, 2.45) is 0 Å². The molecule has 0 aliphatic carbocycles. The summed E-state index contributed by atoms with van der Waals surface area (Å²) in [5, 5.41) is 23.3. The fourth-order valence-corrected chi connectivity index (χ4v) is 2.70. The number of nitrogens with zero attached hydrogens (tertiary/aromatic N) is 1. The third kappa shape index (κ3) is 6.00. The lowest BCUT2D eigenvalue weighted by atomic mass is 10.0. The topological polar surface area (TPSA) is 92.5 Å². The number of nitro groups is 1. The number of rotatable bonds is 9. The van der Waals surface area contributed by atoms with E-state index >= 15 is 0 Å². The van der Waals surface area contributed by atoms with Gasteiger partial charge in [-0.1, -0.05) is 42.5 Å². The Morgan fingerprint density at radius 3 is 2.56 bits per heavy atom. The van der Waals surface area contributed by atoms with E-state index in [2.05, 4.69) is 5.32 Å². The quantitative estimate of drug-likeness (QED) is 0.538. The molecular weight excluding hydrogens is 320 g/mol. The van der Waals surface area contributed by atoms with Crippen molar-refractivity contribution >= 4 is 11.7 Å². The normalized spacial score (nSPS) is 11.9. The average molecular weight is 342 g/mol. The van der Waals surface area contributed by atoms with Crippen LogP contribution in [0.2, 0.25) is 0 Å². The van der Waals surface area contributed by atoms with Crippen LogP contribution in [-0.4, -0.2) is 22.0 Å². The van der Waals surface area contributed by atoms with Crippen molar-refractivity contribution in [1.82, 2.24) is 5.32 Å². The predicted molar refractivity (Wildman–Crippen MR) is 95.5 cm³/mol. The van der Waals surface area contributed by atoms with E-state index < -0.39 is 5.97 Å². The predicted octanol–water partition coefficient (Wildman–Crippen LogP) is 3.47. The van der Waals surface area contributed by atoms with E-state index in [1.807, 2.05) is 36.4 Å². The number of carboxylic acids is 1. The standard InChI is InChI=1S/C19H22N2O4/c1-14-7-8-16(12-18(14)21(24)25)13-20-17(9-10-19(22)23)11-15-5-3-2-4-6-15/h2-8,12,17,20H,9-11,13H2,1H3,(H,22,23). The van der Waals surface area contributed by atoms with Gasteiger partial charge in [-0.25, -0.2) is 0 Å². The number of benzene rings is 2. The van der Waals surface area contributed by atoms with Crippen LogP contribution in [0.4, 0.5) is 5.69 Å². The lowest BCUT2D eigenvalue weighted by Crippen LogP contribution is -2.31. The first kappa shape index (κ1) is 18.6. The van der Waals surface area contributed by atoms with E-state index in [0.29, 0.717) is 24.9 Å². The fraction of sp³-hybridized carbons (Fsp3) is 0.316. The average Bonchev–Trinajstić information content (AvgIpc) is 2.59. The second-order valence-corrected chi connectivity index (χ2v) is 6.08. The van der Waals surface area contributed by atoms with Crippen molar-refractivity contribution in [2.45, 2.75) is 38.8 Å². The smallest absolute Gasteiger partial charge is 0.303 e. The van der Waals surface area contributed by atoms with E-state index in [-0.39, 0.29) is 23.1 Å². The van der Waals surface area contributed by atoms with Gasteiger partial charge >= 0.3 is 5.97 Å². The molecule has 0 fully saturated rings. The zero-order chi connectivity index (χ0) is 18.2. The van der Waals surface area contributed by atoms with Crippen molar-refractivity contribution in [3.8, 4) is 0 Å². The molecule has 0 amide bonds. The molecule has 6 nitrogen and oxygen atoms in total. The molecule has 2 aromatic rings. The highest BCUT2D eigenvalue weighted by Gasteiger charge is 2.14. The number of aliphatic carboxylic acids is 1. The Morgan fingerprint density at radius 2 is 1.92 bits per heavy atom. The highest BCUT2D eigenvalue weighted by molar-refractivity contribution is 5.66. The first-order valence-electron chi connectivity index (χ1n) is 8.18. The SMILES string of the molecule is Cc1ccc(CNC(CCC(=O)O)Cc2ccccc2)cc1[N+](=O)[O-]. The number of nitrogens with one attached hydrogen (secondary N) is 1. The van der Waals surface area contributed by atoms with Gasteiger partial charge < -0.3 is 10.4 Å². The van der Waals surface area contributed by atoms with Gasteiger partial charge in [-0.05, 0) is 30.9 Å². The molecule has 0 spiro atoms. The van der Waals surface area contributed by atoms with Gasteiger partial charge in [0.15, 0.2) is 0 Å². The summed E-state index contributed by atoms with van der Waals surface area (Å²) in [5.74, 6) is -0.828. The molecular formula is C19H22N2O4. The van der Waals surface area contributed by atoms with E-state index in [4.69, 9.17) is 5.11 Å². The molecule has 2 rings (SSSR count). The summed E-state index contributed by atoms with van der Waals surface area (Å²) in [4.78, 5) is 21.6. The molecule has 1 atom stereocenters. The highest BCUT2D eigenvalue weighted by atomic mass is 16.6. The molecule has 25 heavy (non-hydrogen) atoms. The van der Waals surface area contributed by atoms with Gasteiger partial charge in [0.25, 0.3) is 5.69 Å². The molecule has 0 saturated heterocycles. The molecule has 0 aliphatic heterocycles. The Hall–Kier alpha value is -2.73. The lowest BCUT2D eigenvalue weighted by molar-refractivity contribution is -0.385. The molecule has 0 bridgehead atoms. The largest absolute Gasteiger partial charge is 0.481 e. The number of carboxylic acid groups (broad SMARTS) is 1. The highest BCUT2D eigenvalue weighted by Crippen LogP contribution is 2.19. The molecule has 0 radical (unpaired) electrons. The van der Waals surface area contributed by atoms with Crippen LogP contribution in [0.1, 0.15) is 29.5 Å². The Kier molecular flexibility index (Phi) is 6.65. The second-order valence-electron chi connectivity index (χ2n) is 6.08. The second kappa shape index (κ2) is 8.94. The third-order valence-electron chi connectivity index (χ3n) is 4.10. The zero-order valence-electron chi connectivity index (χ0n) is 14.1. The van der Waals surface area contributed by atoms with Gasteiger partial charge in [0.1, 0.15) is 0 Å². The van der Waals surface area contributed by atoms with E-state index in [1.54, 1.807) is 19.1 Å². The number of aryl methyl sites for hydroxylation is 1. The maximum atomic E-state index is 11.1. The fourth-order valence-electron chi connectivity index (χ4n) is 2.70. The van der Waals surface area contributed by atoms with E-state index in [9.17, 15) is 14.9 Å². The molecule has 2 N–H and O–H groups in total. The van der Waals surface area contributed by atoms with Gasteiger partial charge in [0.2, 0.25) is 0 Å². The molecule has 6 heteroatoms. The molecule has 0 heterocycles. The van der Waals surface area contributed by atoms with Crippen LogP contribution in [-0.2, 0) is 17.8 Å². The monoisotopic (exact) mass is 342 g/mol. The zero-order valence-corrected chi connectivity index (χ0v) is 14.1. The first-order valence-corrected chi connectivity index (χ1v) is 8.18. The van der Waals surface area contributed by atoms with Crippen molar-refractivity contribution in [3.63, 3.8) is 0 Å². The molecule has 0 aliphatic rings. The van der Waals surface area contributed by atoms with Crippen LogP contribution >= 0.6 is 0 Å². The molecule has 0 aromatic heterocycles. The number of hydrogen-bond donors (Lipinski definition) is 2. The van der Waals surface area contributed by atoms with E-state index in [1.165, 1.54) is 0 Å². The van der Waals surface area contributed by atoms with Gasteiger partial charge in [0.05, 0.1) is 4.92 Å².